The van der Waals surface area contributed by atoms with Gasteiger partial charge in [-0.15, -0.1) is 0 Å². The molecule has 7 nitrogen and oxygen atoms in total. The van der Waals surface area contributed by atoms with Gasteiger partial charge in [0, 0.05) is 24.3 Å². The third kappa shape index (κ3) is 4.44. The molecule has 1 N–H and O–H groups in total. The van der Waals surface area contributed by atoms with E-state index < -0.39 is 11.9 Å². The number of benzene rings is 1. The highest BCUT2D eigenvalue weighted by molar-refractivity contribution is 6.04. The highest BCUT2D eigenvalue weighted by Crippen LogP contribution is 2.13. The molecule has 2 rings (SSSR count). The van der Waals surface area contributed by atoms with E-state index in [2.05, 4.69) is 15.0 Å². The zero-order chi connectivity index (χ0) is 19.1. The fourth-order valence-corrected chi connectivity index (χ4v) is 2.36. The van der Waals surface area contributed by atoms with E-state index in [1.54, 1.807) is 35.2 Å². The average molecular weight is 355 g/mol. The maximum absolute atomic E-state index is 12.3. The van der Waals surface area contributed by atoms with E-state index >= 15 is 0 Å². The maximum atomic E-state index is 12.3. The zero-order valence-electron chi connectivity index (χ0n) is 15.0. The van der Waals surface area contributed by atoms with Gasteiger partial charge in [-0.25, -0.2) is 9.78 Å². The van der Waals surface area contributed by atoms with Crippen LogP contribution < -0.4 is 5.32 Å². The van der Waals surface area contributed by atoms with Crippen LogP contribution in [0.4, 0.5) is 5.69 Å². The van der Waals surface area contributed by atoms with Crippen LogP contribution in [0.25, 0.3) is 0 Å². The normalized spacial score (nSPS) is 10.1. The van der Waals surface area contributed by atoms with Crippen LogP contribution in [0, 0.1) is 0 Å². The molecule has 0 radical (unpaired) electrons. The smallest absolute Gasteiger partial charge is 0.356 e. The van der Waals surface area contributed by atoms with Gasteiger partial charge in [0.2, 0.25) is 0 Å². The first-order valence-corrected chi connectivity index (χ1v) is 8.26. The van der Waals surface area contributed by atoms with Crippen LogP contribution in [0.3, 0.4) is 0 Å². The molecule has 1 heterocycles. The number of esters is 1. The van der Waals surface area contributed by atoms with Crippen LogP contribution in [-0.4, -0.2) is 47.9 Å². The molecule has 0 atom stereocenters. The molecular formula is C19H21N3O4. The van der Waals surface area contributed by atoms with Crippen molar-refractivity contribution in [3.63, 3.8) is 0 Å². The Bertz CT molecular complexity index is 799. The highest BCUT2D eigenvalue weighted by Gasteiger charge is 2.14. The average Bonchev–Trinajstić information content (AvgIpc) is 2.68. The van der Waals surface area contributed by atoms with Crippen molar-refractivity contribution in [3.05, 3.63) is 59.4 Å². The Kier molecular flexibility index (Phi) is 6.43. The predicted octanol–water partition coefficient (Wildman–Crippen LogP) is 2.60. The fourth-order valence-electron chi connectivity index (χ4n) is 2.36. The summed E-state index contributed by atoms with van der Waals surface area (Å²) in [6.07, 6.45) is 0. The third-order valence-electron chi connectivity index (χ3n) is 3.82. The van der Waals surface area contributed by atoms with Gasteiger partial charge in [-0.3, -0.25) is 9.59 Å². The number of methoxy groups -OCH3 is 1. The molecule has 0 aliphatic heterocycles. The van der Waals surface area contributed by atoms with Crippen LogP contribution in [0.5, 0.6) is 0 Å². The Labute approximate surface area is 152 Å². The SMILES string of the molecule is CCN(CC)C(=O)c1ccc(NC(=O)c2cccc(C(=O)OC)n2)cc1. The van der Waals surface area contributed by atoms with E-state index in [0.717, 1.165) is 0 Å². The molecule has 0 spiro atoms. The Hall–Kier alpha value is -3.22. The van der Waals surface area contributed by atoms with Gasteiger partial charge in [-0.1, -0.05) is 6.07 Å². The molecule has 0 bridgehead atoms. The standard InChI is InChI=1S/C19H21N3O4/c1-4-22(5-2)18(24)13-9-11-14(12-10-13)20-17(23)15-7-6-8-16(21-15)19(25)26-3/h6-12H,4-5H2,1-3H3,(H,20,23). The number of hydrogen-bond donors (Lipinski definition) is 1. The maximum Gasteiger partial charge on any atom is 0.356 e. The summed E-state index contributed by atoms with van der Waals surface area (Å²) in [5.74, 6) is -1.13. The van der Waals surface area contributed by atoms with Crippen molar-refractivity contribution in [1.82, 2.24) is 9.88 Å². The Morgan fingerprint density at radius 1 is 1.00 bits per heavy atom. The van der Waals surface area contributed by atoms with E-state index in [1.807, 2.05) is 13.8 Å². The number of carbonyl (C=O) groups is 3. The van der Waals surface area contributed by atoms with Crippen molar-refractivity contribution >= 4 is 23.5 Å². The third-order valence-corrected chi connectivity index (χ3v) is 3.82. The molecule has 0 aliphatic rings. The summed E-state index contributed by atoms with van der Waals surface area (Å²) in [6, 6.07) is 11.1. The second-order valence-electron chi connectivity index (χ2n) is 5.41. The number of carbonyl (C=O) groups excluding carboxylic acids is 3. The van der Waals surface area contributed by atoms with E-state index in [1.165, 1.54) is 19.2 Å². The quantitative estimate of drug-likeness (QED) is 0.805. The Balaban J connectivity index is 2.10. The van der Waals surface area contributed by atoms with Crippen molar-refractivity contribution in [3.8, 4) is 0 Å². The van der Waals surface area contributed by atoms with Crippen molar-refractivity contribution < 1.29 is 19.1 Å². The molecule has 1 aromatic carbocycles. The number of anilines is 1. The molecule has 0 fully saturated rings. The van der Waals surface area contributed by atoms with Crippen LogP contribution in [0.1, 0.15) is 45.2 Å². The molecule has 0 saturated heterocycles. The van der Waals surface area contributed by atoms with Gasteiger partial charge in [0.05, 0.1) is 7.11 Å². The van der Waals surface area contributed by atoms with Crippen molar-refractivity contribution in [2.45, 2.75) is 13.8 Å². The Morgan fingerprint density at radius 3 is 2.19 bits per heavy atom. The van der Waals surface area contributed by atoms with Crippen molar-refractivity contribution in [2.24, 2.45) is 0 Å². The first-order chi connectivity index (χ1) is 12.5. The van der Waals surface area contributed by atoms with Gasteiger partial charge in [-0.2, -0.15) is 0 Å². The second-order valence-corrected chi connectivity index (χ2v) is 5.41. The summed E-state index contributed by atoms with van der Waals surface area (Å²) in [4.78, 5) is 41.8. The van der Waals surface area contributed by atoms with Gasteiger partial charge in [0.1, 0.15) is 11.4 Å². The van der Waals surface area contributed by atoms with E-state index in [9.17, 15) is 14.4 Å². The summed E-state index contributed by atoms with van der Waals surface area (Å²) < 4.78 is 4.59. The molecule has 26 heavy (non-hydrogen) atoms. The molecule has 0 saturated carbocycles. The zero-order valence-corrected chi connectivity index (χ0v) is 15.0. The number of nitrogens with zero attached hydrogens (tertiary/aromatic N) is 2. The van der Waals surface area contributed by atoms with Crippen LogP contribution in [-0.2, 0) is 4.74 Å². The molecule has 0 aliphatic carbocycles. The minimum atomic E-state index is -0.612. The minimum absolute atomic E-state index is 0.0553. The number of aromatic nitrogens is 1. The predicted molar refractivity (Wildman–Crippen MR) is 97.2 cm³/mol. The van der Waals surface area contributed by atoms with Gasteiger partial charge in [0.25, 0.3) is 11.8 Å². The summed E-state index contributed by atoms with van der Waals surface area (Å²) in [6.45, 7) is 5.11. The molecule has 2 amide bonds. The summed E-state index contributed by atoms with van der Waals surface area (Å²) in [7, 11) is 1.25. The number of hydrogen-bond acceptors (Lipinski definition) is 5. The Morgan fingerprint density at radius 2 is 1.62 bits per heavy atom. The summed E-state index contributed by atoms with van der Waals surface area (Å²) >= 11 is 0. The van der Waals surface area contributed by atoms with Crippen molar-refractivity contribution in [2.75, 3.05) is 25.5 Å². The van der Waals surface area contributed by atoms with E-state index in [-0.39, 0.29) is 17.3 Å². The van der Waals surface area contributed by atoms with Crippen LogP contribution in [0.15, 0.2) is 42.5 Å². The van der Waals surface area contributed by atoms with Crippen LogP contribution in [0.2, 0.25) is 0 Å². The highest BCUT2D eigenvalue weighted by atomic mass is 16.5. The number of ether oxygens (including phenoxy) is 1. The monoisotopic (exact) mass is 355 g/mol. The summed E-state index contributed by atoms with van der Waals surface area (Å²) in [5, 5.41) is 2.69. The molecule has 7 heteroatoms. The first-order valence-electron chi connectivity index (χ1n) is 8.26. The number of rotatable bonds is 6. The number of amides is 2. The topological polar surface area (TPSA) is 88.6 Å². The molecule has 0 unspecified atom stereocenters. The van der Waals surface area contributed by atoms with E-state index in [0.29, 0.717) is 24.3 Å². The fraction of sp³-hybridized carbons (Fsp3) is 0.263. The van der Waals surface area contributed by atoms with Gasteiger partial charge in [-0.05, 0) is 50.2 Å². The van der Waals surface area contributed by atoms with E-state index in [4.69, 9.17) is 0 Å². The summed E-state index contributed by atoms with van der Waals surface area (Å²) in [5.41, 5.74) is 1.23. The van der Waals surface area contributed by atoms with Crippen molar-refractivity contribution in [1.29, 1.82) is 0 Å². The molecule has 136 valence electrons. The minimum Gasteiger partial charge on any atom is -0.464 e. The lowest BCUT2D eigenvalue weighted by atomic mass is 10.1. The lowest BCUT2D eigenvalue weighted by Gasteiger charge is -2.18. The second kappa shape index (κ2) is 8.75. The van der Waals surface area contributed by atoms with Gasteiger partial charge in [0.15, 0.2) is 0 Å². The van der Waals surface area contributed by atoms with Gasteiger partial charge < -0.3 is 15.0 Å². The number of nitrogens with one attached hydrogen (secondary N) is 1. The number of pyridine rings is 1. The molecular weight excluding hydrogens is 334 g/mol. The largest absolute Gasteiger partial charge is 0.464 e. The molecule has 1 aromatic heterocycles. The van der Waals surface area contributed by atoms with Crippen LogP contribution >= 0.6 is 0 Å². The lowest BCUT2D eigenvalue weighted by Crippen LogP contribution is -2.30. The molecule has 2 aromatic rings. The first kappa shape index (κ1) is 19.1. The van der Waals surface area contributed by atoms with Gasteiger partial charge >= 0.3 is 5.97 Å². The lowest BCUT2D eigenvalue weighted by molar-refractivity contribution is 0.0593.